The van der Waals surface area contributed by atoms with Gasteiger partial charge in [-0.3, -0.25) is 0 Å². The number of hydrogen-bond acceptors (Lipinski definition) is 12. The highest BCUT2D eigenvalue weighted by molar-refractivity contribution is 5.95. The zero-order valence-electron chi connectivity index (χ0n) is 27.4. The third kappa shape index (κ3) is 14.6. The molecule has 3 aromatic rings. The van der Waals surface area contributed by atoms with E-state index in [9.17, 15) is 28.8 Å². The van der Waals surface area contributed by atoms with Crippen molar-refractivity contribution in [2.75, 3.05) is 26.4 Å². The van der Waals surface area contributed by atoms with Gasteiger partial charge >= 0.3 is 35.8 Å². The molecule has 0 spiro atoms. The van der Waals surface area contributed by atoms with Gasteiger partial charge in [-0.15, -0.1) is 0 Å². The Morgan fingerprint density at radius 3 is 1.14 bits per heavy atom. The zero-order valence-corrected chi connectivity index (χ0v) is 27.4. The molecule has 266 valence electrons. The third-order valence-corrected chi connectivity index (χ3v) is 6.18. The molecule has 0 atom stereocenters. The summed E-state index contributed by atoms with van der Waals surface area (Å²) >= 11 is 0. The zero-order chi connectivity index (χ0) is 36.5. The maximum absolute atomic E-state index is 12.6. The lowest BCUT2D eigenvalue weighted by molar-refractivity contribution is -0.146. The minimum absolute atomic E-state index is 0. The topological polar surface area (TPSA) is 158 Å². The van der Waals surface area contributed by atoms with Gasteiger partial charge in [0.1, 0.15) is 37.9 Å². The van der Waals surface area contributed by atoms with Crippen LogP contribution in [0.2, 0.25) is 0 Å². The van der Waals surface area contributed by atoms with Crippen LogP contribution in [-0.2, 0) is 38.1 Å². The molecule has 0 saturated heterocycles. The summed E-state index contributed by atoms with van der Waals surface area (Å²) in [4.78, 5) is 71.5. The Morgan fingerprint density at radius 1 is 0.510 bits per heavy atom. The molecule has 0 amide bonds. The van der Waals surface area contributed by atoms with Crippen LogP contribution in [0, 0.1) is 0 Å². The van der Waals surface area contributed by atoms with E-state index in [-0.39, 0.29) is 67.6 Å². The molecule has 0 heterocycles. The molecule has 0 fully saturated rings. The van der Waals surface area contributed by atoms with Gasteiger partial charge < -0.3 is 28.4 Å². The summed E-state index contributed by atoms with van der Waals surface area (Å²) in [5, 5.41) is 0. The van der Waals surface area contributed by atoms with E-state index in [1.165, 1.54) is 62.4 Å². The van der Waals surface area contributed by atoms with Gasteiger partial charge in [-0.05, 0) is 85.7 Å². The van der Waals surface area contributed by atoms with E-state index in [4.69, 9.17) is 28.4 Å². The lowest BCUT2D eigenvalue weighted by Crippen LogP contribution is -2.13. The second-order valence-electron chi connectivity index (χ2n) is 10.3. The van der Waals surface area contributed by atoms with Gasteiger partial charge in [-0.2, -0.15) is 0 Å². The summed E-state index contributed by atoms with van der Waals surface area (Å²) in [6, 6.07) is 18.4. The minimum Gasteiger partial charge on any atom is -0.459 e. The number of benzene rings is 3. The molecule has 0 aliphatic carbocycles. The summed E-state index contributed by atoms with van der Waals surface area (Å²) in [7, 11) is 0. The maximum Gasteiger partial charge on any atom is 0.343 e. The first kappa shape index (κ1) is 40.6. The molecule has 0 bridgehead atoms. The van der Waals surface area contributed by atoms with E-state index in [0.29, 0.717) is 11.1 Å². The summed E-state index contributed by atoms with van der Waals surface area (Å²) in [5.74, 6) is -3.16. The Kier molecular flexibility index (Phi) is 16.5. The smallest absolute Gasteiger partial charge is 0.343 e. The lowest BCUT2D eigenvalue weighted by atomic mass is 10.1. The van der Waals surface area contributed by atoms with E-state index in [1.54, 1.807) is 48.5 Å². The molecule has 51 heavy (non-hydrogen) atoms. The first-order valence-electron chi connectivity index (χ1n) is 15.0. The molecule has 0 aromatic heterocycles. The van der Waals surface area contributed by atoms with Crippen molar-refractivity contribution in [3.63, 3.8) is 0 Å². The second-order valence-corrected chi connectivity index (χ2v) is 10.3. The van der Waals surface area contributed by atoms with Crippen molar-refractivity contribution in [1.29, 1.82) is 0 Å². The van der Waals surface area contributed by atoms with E-state index < -0.39 is 35.8 Å². The molecule has 0 aliphatic heterocycles. The van der Waals surface area contributed by atoms with Crippen molar-refractivity contribution < 1.29 is 57.2 Å². The Labute approximate surface area is 295 Å². The first-order chi connectivity index (χ1) is 23.9. The first-order valence-corrected chi connectivity index (χ1v) is 15.0. The third-order valence-electron chi connectivity index (χ3n) is 6.18. The Bertz CT molecular complexity index is 1650. The Hall–Kier alpha value is -6.56. The minimum atomic E-state index is -0.650. The standard InChI is InChI=1S/C38H34O12.CH4/c1-25(2)35(41)47-23-21-45-33(39)19-9-27-5-15-31(16-6-27)49-37(43)29-11-13-30(14-12-29)38(44)50-32-17-7-28(8-18-32)10-20-34(40)46-22-24-48-36(42)26(3)4;/h5-20H,1,3,21-24H2,2,4H3;1H4/b19-9+,20-10+;. The monoisotopic (exact) mass is 698 g/mol. The summed E-state index contributed by atoms with van der Waals surface area (Å²) in [5.41, 5.74) is 2.17. The molecular formula is C39H38O12. The van der Waals surface area contributed by atoms with Crippen molar-refractivity contribution >= 4 is 48.0 Å². The summed E-state index contributed by atoms with van der Waals surface area (Å²) < 4.78 is 30.4. The average Bonchev–Trinajstić information content (AvgIpc) is 3.11. The Morgan fingerprint density at radius 2 is 0.824 bits per heavy atom. The van der Waals surface area contributed by atoms with Crippen LogP contribution in [0.1, 0.15) is 53.1 Å². The number of esters is 6. The quantitative estimate of drug-likeness (QED) is 0.0556. The highest BCUT2D eigenvalue weighted by Crippen LogP contribution is 2.18. The summed E-state index contributed by atoms with van der Waals surface area (Å²) in [6.07, 6.45) is 5.43. The maximum atomic E-state index is 12.6. The van der Waals surface area contributed by atoms with E-state index >= 15 is 0 Å². The summed E-state index contributed by atoms with van der Waals surface area (Å²) in [6.45, 7) is 9.56. The fraction of sp³-hybridized carbons (Fsp3) is 0.179. The number of rotatable bonds is 16. The normalized spacial score (nSPS) is 10.4. The Balaban J connectivity index is 0.00000901. The van der Waals surface area contributed by atoms with Gasteiger partial charge in [0.05, 0.1) is 11.1 Å². The van der Waals surface area contributed by atoms with Crippen molar-refractivity contribution in [3.05, 3.63) is 132 Å². The second kappa shape index (κ2) is 20.7. The van der Waals surface area contributed by atoms with Crippen molar-refractivity contribution in [1.82, 2.24) is 0 Å². The van der Waals surface area contributed by atoms with Crippen LogP contribution >= 0.6 is 0 Å². The SMILES string of the molecule is C.C=C(C)C(=O)OCCOC(=O)/C=C/c1ccc(OC(=O)c2ccc(C(=O)Oc3ccc(/C=C/C(=O)OCCOC(=O)C(=C)C)cc3)cc2)cc1. The van der Waals surface area contributed by atoms with Crippen molar-refractivity contribution in [2.24, 2.45) is 0 Å². The molecule has 0 unspecified atom stereocenters. The van der Waals surface area contributed by atoms with Crippen LogP contribution in [0.25, 0.3) is 12.2 Å². The van der Waals surface area contributed by atoms with E-state index in [0.717, 1.165) is 0 Å². The highest BCUT2D eigenvalue weighted by atomic mass is 16.6. The fourth-order valence-corrected chi connectivity index (χ4v) is 3.59. The molecular weight excluding hydrogens is 660 g/mol. The number of hydrogen-bond donors (Lipinski definition) is 0. The molecule has 0 aliphatic rings. The van der Waals surface area contributed by atoms with Crippen LogP contribution in [0.5, 0.6) is 11.5 Å². The highest BCUT2D eigenvalue weighted by Gasteiger charge is 2.13. The van der Waals surface area contributed by atoms with Gasteiger partial charge in [0.2, 0.25) is 0 Å². The largest absolute Gasteiger partial charge is 0.459 e. The van der Waals surface area contributed by atoms with Crippen LogP contribution in [-0.4, -0.2) is 62.2 Å². The number of carbonyl (C=O) groups excluding carboxylic acids is 6. The molecule has 3 aromatic carbocycles. The number of carbonyl (C=O) groups is 6. The predicted octanol–water partition coefficient (Wildman–Crippen LogP) is 6.11. The molecule has 3 rings (SSSR count). The van der Waals surface area contributed by atoms with E-state index in [1.807, 2.05) is 0 Å². The van der Waals surface area contributed by atoms with Crippen LogP contribution in [0.3, 0.4) is 0 Å². The molecule has 12 nitrogen and oxygen atoms in total. The predicted molar refractivity (Wildman–Crippen MR) is 188 cm³/mol. The van der Waals surface area contributed by atoms with Gasteiger partial charge in [-0.1, -0.05) is 44.8 Å². The van der Waals surface area contributed by atoms with Crippen molar-refractivity contribution in [3.8, 4) is 11.5 Å². The average molecular weight is 699 g/mol. The van der Waals surface area contributed by atoms with E-state index in [2.05, 4.69) is 13.2 Å². The fourth-order valence-electron chi connectivity index (χ4n) is 3.59. The van der Waals surface area contributed by atoms with Crippen LogP contribution in [0.15, 0.2) is 109 Å². The van der Waals surface area contributed by atoms with Gasteiger partial charge in [0.25, 0.3) is 0 Å². The van der Waals surface area contributed by atoms with Gasteiger partial charge in [0, 0.05) is 23.3 Å². The van der Waals surface area contributed by atoms with Crippen LogP contribution in [0.4, 0.5) is 0 Å². The van der Waals surface area contributed by atoms with Gasteiger partial charge in [0.15, 0.2) is 0 Å². The van der Waals surface area contributed by atoms with Crippen molar-refractivity contribution in [2.45, 2.75) is 21.3 Å². The molecule has 0 saturated carbocycles. The molecule has 0 radical (unpaired) electrons. The lowest BCUT2D eigenvalue weighted by Gasteiger charge is -2.07. The molecule has 12 heteroatoms. The van der Waals surface area contributed by atoms with Crippen LogP contribution < -0.4 is 9.47 Å². The van der Waals surface area contributed by atoms with Gasteiger partial charge in [-0.25, -0.2) is 28.8 Å². The molecule has 0 N–H and O–H groups in total. The number of ether oxygens (including phenoxy) is 6.